The molecule has 2 aromatic carbocycles. The maximum absolute atomic E-state index is 16.9. The number of carbonyl (C=O) groups excluding carboxylic acids is 7. The summed E-state index contributed by atoms with van der Waals surface area (Å²) in [5.74, 6) is -7.13. The van der Waals surface area contributed by atoms with Gasteiger partial charge in [-0.1, -0.05) is 222 Å². The van der Waals surface area contributed by atoms with E-state index in [4.69, 9.17) is 33.2 Å². The van der Waals surface area contributed by atoms with Crippen LogP contribution in [-0.4, -0.2) is 112 Å². The molecule has 0 spiro atoms. The Balaban J connectivity index is 1.35. The van der Waals surface area contributed by atoms with E-state index in [1.807, 2.05) is 36.5 Å². The molecule has 17 heteroatoms. The van der Waals surface area contributed by atoms with Crippen molar-refractivity contribution in [3.05, 3.63) is 229 Å². The molecule has 0 radical (unpaired) electrons. The van der Waals surface area contributed by atoms with Gasteiger partial charge in [-0.25, -0.2) is 14.4 Å². The smallest absolute Gasteiger partial charge is 0.408 e. The van der Waals surface area contributed by atoms with E-state index < -0.39 is 124 Å². The van der Waals surface area contributed by atoms with Crippen LogP contribution < -0.4 is 5.32 Å². The van der Waals surface area contributed by atoms with E-state index in [-0.39, 0.29) is 55.4 Å². The summed E-state index contributed by atoms with van der Waals surface area (Å²) in [5, 5.41) is 29.2. The average Bonchev–Trinajstić information content (AvgIpc) is 0.668. The Morgan fingerprint density at radius 1 is 0.606 bits per heavy atom. The molecule has 562 valence electrons. The maximum Gasteiger partial charge on any atom is 0.408 e. The second kappa shape index (κ2) is 42.3. The van der Waals surface area contributed by atoms with Gasteiger partial charge in [0.25, 0.3) is 0 Å². The number of nitrogens with one attached hydrogen (secondary N) is 1. The number of ketones is 1. The number of allylic oxidation sites excluding steroid dienone is 24. The Morgan fingerprint density at radius 2 is 1.04 bits per heavy atom. The molecule has 0 aromatic heterocycles. The third-order valence-corrected chi connectivity index (χ3v) is 19.3. The van der Waals surface area contributed by atoms with E-state index in [1.54, 1.807) is 90.1 Å². The zero-order valence-electron chi connectivity index (χ0n) is 62.8. The van der Waals surface area contributed by atoms with Crippen molar-refractivity contribution in [3.63, 3.8) is 0 Å². The molecule has 2 saturated carbocycles. The van der Waals surface area contributed by atoms with E-state index in [9.17, 15) is 34.2 Å². The van der Waals surface area contributed by atoms with Crippen LogP contribution in [0, 0.1) is 16.7 Å². The number of alkyl carbamates (subject to hydrolysis) is 1. The molecule has 3 N–H and O–H groups in total. The highest BCUT2D eigenvalue weighted by molar-refractivity contribution is 5.96. The van der Waals surface area contributed by atoms with Crippen molar-refractivity contribution in [3.8, 4) is 0 Å². The summed E-state index contributed by atoms with van der Waals surface area (Å²) in [4.78, 5) is 103. The van der Waals surface area contributed by atoms with Crippen molar-refractivity contribution in [1.82, 2.24) is 5.32 Å². The number of hydrogen-bond acceptors (Lipinski definition) is 16. The molecular formula is C87H113NO16. The lowest BCUT2D eigenvalue weighted by atomic mass is 9.44. The van der Waals surface area contributed by atoms with Crippen LogP contribution in [0.1, 0.15) is 207 Å². The number of rotatable bonds is 38. The normalized spacial score (nSPS) is 24.9. The van der Waals surface area contributed by atoms with Crippen LogP contribution in [0.25, 0.3) is 0 Å². The summed E-state index contributed by atoms with van der Waals surface area (Å²) in [5.41, 5.74) is -8.91. The molecule has 11 atom stereocenters. The highest BCUT2D eigenvalue weighted by atomic mass is 16.6. The van der Waals surface area contributed by atoms with Crippen LogP contribution >= 0.6 is 0 Å². The van der Waals surface area contributed by atoms with Gasteiger partial charge in [-0.15, -0.1) is 0 Å². The van der Waals surface area contributed by atoms with Crippen LogP contribution in [0.15, 0.2) is 218 Å². The van der Waals surface area contributed by atoms with E-state index in [2.05, 4.69) is 129 Å². The molecule has 3 aliphatic carbocycles. The van der Waals surface area contributed by atoms with Gasteiger partial charge in [0.15, 0.2) is 23.6 Å². The third-order valence-electron chi connectivity index (χ3n) is 19.3. The van der Waals surface area contributed by atoms with Crippen molar-refractivity contribution in [2.75, 3.05) is 6.61 Å². The lowest BCUT2D eigenvalue weighted by Crippen LogP contribution is -2.82. The topological polar surface area (TPSA) is 237 Å². The fraction of sp³-hybridized carbons (Fsp3) is 0.483. The van der Waals surface area contributed by atoms with Gasteiger partial charge >= 0.3 is 35.9 Å². The maximum atomic E-state index is 16.9. The number of carbonyl (C=O) groups is 7. The molecule has 1 heterocycles. The number of ether oxygens (including phenoxy) is 7. The second-order valence-corrected chi connectivity index (χ2v) is 28.4. The van der Waals surface area contributed by atoms with Gasteiger partial charge in [0, 0.05) is 38.0 Å². The minimum Gasteiger partial charge on any atom is -0.461 e. The van der Waals surface area contributed by atoms with Crippen LogP contribution in [0.2, 0.25) is 0 Å². The molecule has 2 aromatic rings. The first-order valence-electron chi connectivity index (χ1n) is 37.0. The second-order valence-electron chi connectivity index (χ2n) is 28.4. The van der Waals surface area contributed by atoms with Crippen LogP contribution in [-0.2, 0) is 57.1 Å². The summed E-state index contributed by atoms with van der Waals surface area (Å²) in [7, 11) is 0. The van der Waals surface area contributed by atoms with E-state index in [0.717, 1.165) is 64.2 Å². The zero-order chi connectivity index (χ0) is 75.6. The van der Waals surface area contributed by atoms with E-state index in [1.165, 1.54) is 26.0 Å². The highest BCUT2D eigenvalue weighted by Gasteiger charge is 2.79. The SMILES string of the molecule is CC/C=C\C/C=C\C/C=C\C/C=C\C/C=C\C/C=C\CCC(=O)O[C@H]1C(=O)[C@]2(C)[C@@H](OC(=O)CC/C=C\C/C=C\C/C=C\C/C=C\C/C=C\C/C=C\CC)C[C@H]3OC[C@@]3(OC(C)=O)[C@H]2[C@H](OC(=O)c2ccccc2)[C@]2(O)CC(OC(=O)[C@H](O)C(NC(=O)OC(C)(C)C)c3ccccc3)C(C)=C1C2(C)C. The third kappa shape index (κ3) is 24.1. The summed E-state index contributed by atoms with van der Waals surface area (Å²) >= 11 is 0. The number of benzene rings is 2. The number of aliphatic hydroxyl groups excluding tert-OH is 1. The molecule has 2 unspecified atom stereocenters. The Kier molecular flexibility index (Phi) is 34.2. The minimum absolute atomic E-state index is 0.0333. The predicted molar refractivity (Wildman–Crippen MR) is 406 cm³/mol. The standard InChI is InChI=1S/C87H113NO16/c1-11-13-15-17-19-21-23-25-27-29-31-33-35-37-39-41-43-45-53-59-71(90)100-69-61-70-86(63-98-70,103-65(4)89)77-79(102-80(94)67-57-51-48-52-58-67)87(97)62-68(99-81(95)75(92)74(66-55-49-47-50-56-66)88-82(96)104-83(5,6)7)64(3)73(84(87,8)9)76(78(93)85(69,77)10)101-72(91)60-54-46-44-42-40-38-36-34-32-30-28-26-24-22-20-18-16-14-12-2/h13-16,19-22,25-28,31-34,37-40,43-52,55-58,68-70,74-77,79,92,97H,11-12,17-18,23-24,29-30,35-36,41-42,53-54,59-63H2,1-10H3,(H,88,96)/b15-13-,16-14-,21-19-,22-20-,27-25-,28-26-,33-31-,34-32-,39-37-,40-38-,45-43-,46-44-/t68?,69-,70+,74?,75+,76+,77-,79-,85+,86-,87+/m0/s1. The lowest BCUT2D eigenvalue weighted by molar-refractivity contribution is -0.346. The number of amides is 1. The van der Waals surface area contributed by atoms with Gasteiger partial charge in [0.1, 0.15) is 35.6 Å². The van der Waals surface area contributed by atoms with Crippen LogP contribution in [0.3, 0.4) is 0 Å². The van der Waals surface area contributed by atoms with Crippen LogP contribution in [0.5, 0.6) is 0 Å². The molecule has 4 aliphatic rings. The molecule has 3 fully saturated rings. The fourth-order valence-corrected chi connectivity index (χ4v) is 13.9. The molecule has 104 heavy (non-hydrogen) atoms. The predicted octanol–water partition coefficient (Wildman–Crippen LogP) is 17.3. The Labute approximate surface area is 617 Å². The monoisotopic (exact) mass is 1430 g/mol. The first kappa shape index (κ1) is 84.2. The van der Waals surface area contributed by atoms with Gasteiger partial charge in [0.05, 0.1) is 29.5 Å². The average molecular weight is 1430 g/mol. The number of hydrogen-bond donors (Lipinski definition) is 3. The van der Waals surface area contributed by atoms with Crippen molar-refractivity contribution in [2.24, 2.45) is 16.7 Å². The van der Waals surface area contributed by atoms with Crippen molar-refractivity contribution in [1.29, 1.82) is 0 Å². The van der Waals surface area contributed by atoms with Gasteiger partial charge < -0.3 is 48.7 Å². The van der Waals surface area contributed by atoms with E-state index in [0.29, 0.717) is 18.4 Å². The van der Waals surface area contributed by atoms with Crippen molar-refractivity contribution < 1.29 is 76.9 Å². The molecule has 17 nitrogen and oxygen atoms in total. The van der Waals surface area contributed by atoms with Crippen molar-refractivity contribution in [2.45, 2.75) is 244 Å². The minimum atomic E-state index is -2.52. The highest BCUT2D eigenvalue weighted by Crippen LogP contribution is 2.65. The Morgan fingerprint density at radius 3 is 1.46 bits per heavy atom. The van der Waals surface area contributed by atoms with Crippen LogP contribution in [0.4, 0.5) is 4.79 Å². The molecular weight excluding hydrogens is 1310 g/mol. The van der Waals surface area contributed by atoms with Crippen molar-refractivity contribution >= 4 is 41.7 Å². The number of aliphatic hydroxyl groups is 2. The summed E-state index contributed by atoms with van der Waals surface area (Å²) < 4.78 is 44.3. The Bertz CT molecular complexity index is 3550. The first-order chi connectivity index (χ1) is 49.9. The van der Waals surface area contributed by atoms with E-state index >= 15 is 9.59 Å². The van der Waals surface area contributed by atoms with Gasteiger partial charge in [-0.2, -0.15) is 0 Å². The molecule has 1 aliphatic heterocycles. The summed E-state index contributed by atoms with van der Waals surface area (Å²) in [6.45, 7) is 16.2. The van der Waals surface area contributed by atoms with Gasteiger partial charge in [-0.05, 0) is 153 Å². The largest absolute Gasteiger partial charge is 0.461 e. The Hall–Kier alpha value is -8.77. The molecule has 1 saturated heterocycles. The van der Waals surface area contributed by atoms with Gasteiger partial charge in [0.2, 0.25) is 0 Å². The molecule has 6 rings (SSSR count). The number of fused-ring (bicyclic) bond motifs is 5. The molecule has 1 amide bonds. The fourth-order valence-electron chi connectivity index (χ4n) is 13.9. The number of esters is 5. The number of Topliss-reactive ketones (excluding diaryl/α,β-unsaturated/α-hetero) is 1. The summed E-state index contributed by atoms with van der Waals surface area (Å²) in [6, 6.07) is 14.6. The first-order valence-corrected chi connectivity index (χ1v) is 37.0. The quantitative estimate of drug-likeness (QED) is 0.0322. The molecule has 2 bridgehead atoms. The zero-order valence-corrected chi connectivity index (χ0v) is 62.8. The summed E-state index contributed by atoms with van der Waals surface area (Å²) in [6.07, 6.45) is 48.2. The van der Waals surface area contributed by atoms with Gasteiger partial charge in [-0.3, -0.25) is 19.2 Å². The lowest BCUT2D eigenvalue weighted by Gasteiger charge is -2.67.